The molecule has 2 aromatic carbocycles. The number of benzene rings is 2. The molecular formula is C12H9P. The van der Waals surface area contributed by atoms with E-state index in [4.69, 9.17) is 0 Å². The lowest BCUT2D eigenvalue weighted by atomic mass is 10.1. The minimum absolute atomic E-state index is 1.02. The van der Waals surface area contributed by atoms with Crippen molar-refractivity contribution in [2.75, 3.05) is 0 Å². The first-order chi connectivity index (χ1) is 6.38. The van der Waals surface area contributed by atoms with Crippen molar-refractivity contribution < 1.29 is 0 Å². The first kappa shape index (κ1) is 8.47. The zero-order chi connectivity index (χ0) is 9.10. The van der Waals surface area contributed by atoms with E-state index in [0.717, 1.165) is 5.30 Å². The highest BCUT2D eigenvalue weighted by Gasteiger charge is 1.98. The predicted octanol–water partition coefficient (Wildman–Crippen LogP) is 3.39. The first-order valence-electron chi connectivity index (χ1n) is 4.21. The van der Waals surface area contributed by atoms with Crippen molar-refractivity contribution in [2.24, 2.45) is 0 Å². The molecule has 0 saturated heterocycles. The zero-order valence-electron chi connectivity index (χ0n) is 7.14. The molecule has 0 N–H and O–H groups in total. The third kappa shape index (κ3) is 1.79. The van der Waals surface area contributed by atoms with Gasteiger partial charge in [-0.3, -0.25) is 0 Å². The van der Waals surface area contributed by atoms with Crippen LogP contribution in [0.5, 0.6) is 0 Å². The summed E-state index contributed by atoms with van der Waals surface area (Å²) in [6.45, 7) is 0. The molecular weight excluding hydrogens is 175 g/mol. The first-order valence-corrected chi connectivity index (χ1v) is 4.66. The molecule has 0 saturated carbocycles. The van der Waals surface area contributed by atoms with E-state index in [1.807, 2.05) is 36.4 Å². The smallest absolute Gasteiger partial charge is 0.00495 e. The lowest BCUT2D eigenvalue weighted by Crippen LogP contribution is -1.94. The van der Waals surface area contributed by atoms with Gasteiger partial charge in [0, 0.05) is 0 Å². The Morgan fingerprint density at radius 1 is 0.692 bits per heavy atom. The molecule has 2 aromatic rings. The SMILES string of the molecule is [P]c1ccccc1-c1ccccc1. The van der Waals surface area contributed by atoms with E-state index in [2.05, 4.69) is 27.4 Å². The van der Waals surface area contributed by atoms with Gasteiger partial charge >= 0.3 is 0 Å². The second kappa shape index (κ2) is 3.72. The number of rotatable bonds is 1. The van der Waals surface area contributed by atoms with Crippen LogP contribution in [0.2, 0.25) is 0 Å². The van der Waals surface area contributed by atoms with E-state index in [9.17, 15) is 0 Å². The van der Waals surface area contributed by atoms with Gasteiger partial charge in [-0.15, -0.1) is 0 Å². The summed E-state index contributed by atoms with van der Waals surface area (Å²) in [5.74, 6) is 0. The lowest BCUT2D eigenvalue weighted by molar-refractivity contribution is 1.65. The Kier molecular flexibility index (Phi) is 2.42. The molecule has 0 aromatic heterocycles. The predicted molar refractivity (Wildman–Crippen MR) is 58.4 cm³/mol. The zero-order valence-corrected chi connectivity index (χ0v) is 8.04. The summed E-state index contributed by atoms with van der Waals surface area (Å²) in [5, 5.41) is 1.02. The molecule has 0 bridgehead atoms. The Morgan fingerprint density at radius 3 is 2.00 bits per heavy atom. The summed E-state index contributed by atoms with van der Waals surface area (Å²) in [7, 11) is 4.41. The topological polar surface area (TPSA) is 0 Å². The van der Waals surface area contributed by atoms with Gasteiger partial charge < -0.3 is 0 Å². The summed E-state index contributed by atoms with van der Waals surface area (Å²) in [6, 6.07) is 18.4. The van der Waals surface area contributed by atoms with Crippen LogP contribution in [0, 0.1) is 0 Å². The van der Waals surface area contributed by atoms with Crippen LogP contribution in [0.4, 0.5) is 0 Å². The molecule has 0 aliphatic heterocycles. The van der Waals surface area contributed by atoms with Gasteiger partial charge in [-0.1, -0.05) is 54.6 Å². The van der Waals surface area contributed by atoms with Gasteiger partial charge in [0.05, 0.1) is 0 Å². The fourth-order valence-electron chi connectivity index (χ4n) is 1.34. The van der Waals surface area contributed by atoms with Crippen LogP contribution < -0.4 is 5.30 Å². The van der Waals surface area contributed by atoms with Crippen LogP contribution in [-0.2, 0) is 0 Å². The molecule has 0 amide bonds. The van der Waals surface area contributed by atoms with Crippen molar-refractivity contribution >= 4 is 14.5 Å². The van der Waals surface area contributed by atoms with Crippen LogP contribution >= 0.6 is 9.24 Å². The molecule has 0 unspecified atom stereocenters. The quantitative estimate of drug-likeness (QED) is 0.596. The summed E-state index contributed by atoms with van der Waals surface area (Å²) < 4.78 is 0. The fraction of sp³-hybridized carbons (Fsp3) is 0. The third-order valence-electron chi connectivity index (χ3n) is 1.99. The van der Waals surface area contributed by atoms with E-state index in [1.54, 1.807) is 0 Å². The van der Waals surface area contributed by atoms with Crippen LogP contribution in [0.25, 0.3) is 11.1 Å². The minimum atomic E-state index is 1.02. The largest absolute Gasteiger partial charge is 0.0622 e. The molecule has 0 fully saturated rings. The van der Waals surface area contributed by atoms with E-state index in [1.165, 1.54) is 11.1 Å². The van der Waals surface area contributed by atoms with Gasteiger partial charge in [0.1, 0.15) is 0 Å². The van der Waals surface area contributed by atoms with E-state index >= 15 is 0 Å². The molecule has 0 aliphatic carbocycles. The fourth-order valence-corrected chi connectivity index (χ4v) is 1.63. The van der Waals surface area contributed by atoms with Crippen LogP contribution in [-0.4, -0.2) is 0 Å². The van der Waals surface area contributed by atoms with Gasteiger partial charge in [0.15, 0.2) is 0 Å². The van der Waals surface area contributed by atoms with Crippen molar-refractivity contribution in [3.05, 3.63) is 54.6 Å². The van der Waals surface area contributed by atoms with Gasteiger partial charge in [-0.05, 0) is 25.7 Å². The van der Waals surface area contributed by atoms with E-state index < -0.39 is 0 Å². The summed E-state index contributed by atoms with van der Waals surface area (Å²) in [5.41, 5.74) is 2.40. The average molecular weight is 184 g/mol. The molecule has 1 heteroatoms. The molecule has 0 spiro atoms. The van der Waals surface area contributed by atoms with E-state index in [-0.39, 0.29) is 0 Å². The molecule has 0 nitrogen and oxygen atoms in total. The maximum atomic E-state index is 4.41. The minimum Gasteiger partial charge on any atom is -0.0622 e. The molecule has 2 radical (unpaired) electrons. The monoisotopic (exact) mass is 184 g/mol. The third-order valence-corrected chi connectivity index (χ3v) is 2.38. The highest BCUT2D eigenvalue weighted by atomic mass is 31.0. The van der Waals surface area contributed by atoms with Crippen molar-refractivity contribution in [1.82, 2.24) is 0 Å². The Balaban J connectivity index is 2.54. The Hall–Kier alpha value is -1.13. The maximum absolute atomic E-state index is 4.41. The van der Waals surface area contributed by atoms with Gasteiger partial charge in [0.25, 0.3) is 0 Å². The van der Waals surface area contributed by atoms with Crippen LogP contribution in [0.15, 0.2) is 54.6 Å². The van der Waals surface area contributed by atoms with Crippen molar-refractivity contribution in [3.8, 4) is 11.1 Å². The number of hydrogen-bond donors (Lipinski definition) is 0. The average Bonchev–Trinajstić information content (AvgIpc) is 2.20. The molecule has 0 heterocycles. The molecule has 0 atom stereocenters. The number of hydrogen-bond acceptors (Lipinski definition) is 0. The lowest BCUT2D eigenvalue weighted by Gasteiger charge is -2.03. The highest BCUT2D eigenvalue weighted by Crippen LogP contribution is 2.17. The Labute approximate surface area is 80.8 Å². The van der Waals surface area contributed by atoms with Gasteiger partial charge in [0.2, 0.25) is 0 Å². The van der Waals surface area contributed by atoms with Crippen molar-refractivity contribution in [3.63, 3.8) is 0 Å². The van der Waals surface area contributed by atoms with Crippen LogP contribution in [0.1, 0.15) is 0 Å². The van der Waals surface area contributed by atoms with Gasteiger partial charge in [-0.2, -0.15) is 0 Å². The summed E-state index contributed by atoms with van der Waals surface area (Å²) in [4.78, 5) is 0. The summed E-state index contributed by atoms with van der Waals surface area (Å²) >= 11 is 0. The summed E-state index contributed by atoms with van der Waals surface area (Å²) in [6.07, 6.45) is 0. The second-order valence-corrected chi connectivity index (χ2v) is 3.36. The van der Waals surface area contributed by atoms with E-state index in [0.29, 0.717) is 0 Å². The molecule has 0 aliphatic rings. The Bertz CT molecular complexity index is 393. The van der Waals surface area contributed by atoms with Crippen LogP contribution in [0.3, 0.4) is 0 Å². The standard InChI is InChI=1S/C12H9P/c13-12-9-5-4-8-11(12)10-6-2-1-3-7-10/h1-9H. The molecule has 2 rings (SSSR count). The van der Waals surface area contributed by atoms with Crippen molar-refractivity contribution in [2.45, 2.75) is 0 Å². The highest BCUT2D eigenvalue weighted by molar-refractivity contribution is 7.28. The molecule has 62 valence electrons. The Morgan fingerprint density at radius 2 is 1.31 bits per heavy atom. The van der Waals surface area contributed by atoms with Gasteiger partial charge in [-0.25, -0.2) is 0 Å². The maximum Gasteiger partial charge on any atom is -0.00495 e. The normalized spacial score (nSPS) is 9.92. The van der Waals surface area contributed by atoms with Crippen molar-refractivity contribution in [1.29, 1.82) is 0 Å². The molecule has 13 heavy (non-hydrogen) atoms. The second-order valence-electron chi connectivity index (χ2n) is 2.88.